The SMILES string of the molecule is O=C(Cn1cc(C(=O)O)nn1)Nc1ccc(I)cc1Cl. The zero-order valence-electron chi connectivity index (χ0n) is 9.88. The van der Waals surface area contributed by atoms with Gasteiger partial charge in [-0.05, 0) is 40.8 Å². The Labute approximate surface area is 132 Å². The number of benzene rings is 1. The number of nitrogens with zero attached hydrogens (tertiary/aromatic N) is 3. The van der Waals surface area contributed by atoms with E-state index >= 15 is 0 Å². The molecule has 0 saturated carbocycles. The number of nitrogens with one attached hydrogen (secondary N) is 1. The molecular weight excluding hydrogens is 399 g/mol. The molecule has 0 saturated heterocycles. The van der Waals surface area contributed by atoms with Gasteiger partial charge in [-0.3, -0.25) is 4.79 Å². The molecule has 1 amide bonds. The first-order chi connectivity index (χ1) is 9.45. The van der Waals surface area contributed by atoms with E-state index in [1.54, 1.807) is 18.2 Å². The molecule has 20 heavy (non-hydrogen) atoms. The number of hydrogen-bond donors (Lipinski definition) is 2. The third-order valence-electron chi connectivity index (χ3n) is 2.27. The molecule has 0 aliphatic heterocycles. The summed E-state index contributed by atoms with van der Waals surface area (Å²) in [5.74, 6) is -1.58. The highest BCUT2D eigenvalue weighted by Gasteiger charge is 2.11. The molecule has 0 fully saturated rings. The molecule has 0 atom stereocenters. The van der Waals surface area contributed by atoms with Crippen LogP contribution < -0.4 is 5.32 Å². The summed E-state index contributed by atoms with van der Waals surface area (Å²) in [6.45, 7) is -0.150. The highest BCUT2D eigenvalue weighted by Crippen LogP contribution is 2.23. The quantitative estimate of drug-likeness (QED) is 0.756. The Morgan fingerprint density at radius 3 is 2.80 bits per heavy atom. The zero-order chi connectivity index (χ0) is 14.7. The van der Waals surface area contributed by atoms with Gasteiger partial charge in [0.05, 0.1) is 16.9 Å². The van der Waals surface area contributed by atoms with Crippen LogP contribution in [0.15, 0.2) is 24.4 Å². The molecule has 7 nitrogen and oxygen atoms in total. The maximum Gasteiger partial charge on any atom is 0.358 e. The monoisotopic (exact) mass is 406 g/mol. The summed E-state index contributed by atoms with van der Waals surface area (Å²) in [5.41, 5.74) is 0.265. The topological polar surface area (TPSA) is 97.1 Å². The first-order valence-corrected chi connectivity index (χ1v) is 6.79. The molecule has 104 valence electrons. The highest BCUT2D eigenvalue weighted by atomic mass is 127. The largest absolute Gasteiger partial charge is 0.476 e. The number of rotatable bonds is 4. The van der Waals surface area contributed by atoms with E-state index in [2.05, 4.69) is 38.2 Å². The van der Waals surface area contributed by atoms with Crippen molar-refractivity contribution in [3.63, 3.8) is 0 Å². The van der Waals surface area contributed by atoms with E-state index in [9.17, 15) is 9.59 Å². The minimum atomic E-state index is -1.20. The molecule has 0 radical (unpaired) electrons. The lowest BCUT2D eigenvalue weighted by Crippen LogP contribution is -2.19. The van der Waals surface area contributed by atoms with Crippen molar-refractivity contribution in [2.24, 2.45) is 0 Å². The fourth-order valence-corrected chi connectivity index (χ4v) is 2.30. The normalized spacial score (nSPS) is 10.3. The molecule has 1 aromatic heterocycles. The second-order valence-corrected chi connectivity index (χ2v) is 5.43. The number of aromatic carboxylic acids is 1. The average Bonchev–Trinajstić information content (AvgIpc) is 2.81. The molecule has 0 unspecified atom stereocenters. The maximum atomic E-state index is 11.8. The number of hydrogen-bond acceptors (Lipinski definition) is 4. The van der Waals surface area contributed by atoms with Crippen molar-refractivity contribution in [1.29, 1.82) is 0 Å². The lowest BCUT2D eigenvalue weighted by Gasteiger charge is -2.07. The lowest BCUT2D eigenvalue weighted by atomic mass is 10.3. The Bertz CT molecular complexity index is 673. The molecule has 9 heteroatoms. The lowest BCUT2D eigenvalue weighted by molar-refractivity contribution is -0.116. The maximum absolute atomic E-state index is 11.8. The van der Waals surface area contributed by atoms with Gasteiger partial charge >= 0.3 is 5.97 Å². The Morgan fingerprint density at radius 1 is 1.45 bits per heavy atom. The molecule has 2 N–H and O–H groups in total. The number of carbonyl (C=O) groups excluding carboxylic acids is 1. The average molecular weight is 407 g/mol. The molecule has 0 aliphatic rings. The van der Waals surface area contributed by atoms with Crippen LogP contribution in [-0.4, -0.2) is 32.0 Å². The summed E-state index contributed by atoms with van der Waals surface area (Å²) in [6, 6.07) is 5.21. The van der Waals surface area contributed by atoms with Gasteiger partial charge in [0.15, 0.2) is 5.69 Å². The van der Waals surface area contributed by atoms with Gasteiger partial charge in [0.1, 0.15) is 6.54 Å². The fraction of sp³-hybridized carbons (Fsp3) is 0.0909. The van der Waals surface area contributed by atoms with Gasteiger partial charge in [0, 0.05) is 3.57 Å². The number of halogens is 2. The van der Waals surface area contributed by atoms with Crippen molar-refractivity contribution in [3.05, 3.63) is 38.7 Å². The van der Waals surface area contributed by atoms with Crippen LogP contribution in [0.4, 0.5) is 5.69 Å². The molecule has 1 aromatic carbocycles. The molecule has 0 bridgehead atoms. The van der Waals surface area contributed by atoms with E-state index in [0.29, 0.717) is 10.7 Å². The van der Waals surface area contributed by atoms with Gasteiger partial charge < -0.3 is 10.4 Å². The Morgan fingerprint density at radius 2 is 2.20 bits per heavy atom. The number of carbonyl (C=O) groups is 2. The third kappa shape index (κ3) is 3.67. The van der Waals surface area contributed by atoms with Gasteiger partial charge in [-0.2, -0.15) is 0 Å². The second kappa shape index (κ2) is 6.18. The van der Waals surface area contributed by atoms with Crippen LogP contribution in [0.25, 0.3) is 0 Å². The summed E-state index contributed by atoms with van der Waals surface area (Å²) in [5, 5.41) is 18.7. The summed E-state index contributed by atoms with van der Waals surface area (Å²) in [7, 11) is 0. The predicted octanol–water partition coefficient (Wildman–Crippen LogP) is 1.87. The van der Waals surface area contributed by atoms with Crippen molar-refractivity contribution in [2.75, 3.05) is 5.32 Å². The third-order valence-corrected chi connectivity index (χ3v) is 3.25. The molecule has 2 aromatic rings. The molecule has 0 spiro atoms. The van der Waals surface area contributed by atoms with E-state index in [1.165, 1.54) is 6.20 Å². The summed E-state index contributed by atoms with van der Waals surface area (Å²) >= 11 is 8.10. The van der Waals surface area contributed by atoms with Crippen molar-refractivity contribution < 1.29 is 14.7 Å². The van der Waals surface area contributed by atoms with Crippen LogP contribution in [0, 0.1) is 3.57 Å². The number of amides is 1. The van der Waals surface area contributed by atoms with Crippen LogP contribution in [0.1, 0.15) is 10.5 Å². The van der Waals surface area contributed by atoms with Crippen LogP contribution in [-0.2, 0) is 11.3 Å². The standard InChI is InChI=1S/C11H8ClIN4O3/c12-7-3-6(13)1-2-8(7)14-10(18)5-17-4-9(11(19)20)15-16-17/h1-4H,5H2,(H,14,18)(H,19,20). The van der Waals surface area contributed by atoms with Gasteiger partial charge in [-0.1, -0.05) is 16.8 Å². The molecule has 2 rings (SSSR count). The van der Waals surface area contributed by atoms with Gasteiger partial charge in [0.25, 0.3) is 0 Å². The number of carboxylic acids is 1. The van der Waals surface area contributed by atoms with Crippen molar-refractivity contribution in [2.45, 2.75) is 6.54 Å². The Balaban J connectivity index is 2.03. The van der Waals surface area contributed by atoms with E-state index in [-0.39, 0.29) is 18.1 Å². The summed E-state index contributed by atoms with van der Waals surface area (Å²) < 4.78 is 2.09. The van der Waals surface area contributed by atoms with Gasteiger partial charge in [0.2, 0.25) is 5.91 Å². The summed E-state index contributed by atoms with van der Waals surface area (Å²) in [4.78, 5) is 22.4. The Hall–Kier alpha value is -1.68. The van der Waals surface area contributed by atoms with Crippen molar-refractivity contribution in [1.82, 2.24) is 15.0 Å². The van der Waals surface area contributed by atoms with Crippen LogP contribution >= 0.6 is 34.2 Å². The van der Waals surface area contributed by atoms with E-state index in [0.717, 1.165) is 8.25 Å². The summed E-state index contributed by atoms with van der Waals surface area (Å²) in [6.07, 6.45) is 1.18. The fourth-order valence-electron chi connectivity index (χ4n) is 1.40. The van der Waals surface area contributed by atoms with Crippen LogP contribution in [0.5, 0.6) is 0 Å². The predicted molar refractivity (Wildman–Crippen MR) is 79.8 cm³/mol. The van der Waals surface area contributed by atoms with E-state index < -0.39 is 5.97 Å². The minimum absolute atomic E-state index is 0.150. The van der Waals surface area contributed by atoms with Crippen LogP contribution in [0.2, 0.25) is 5.02 Å². The van der Waals surface area contributed by atoms with Gasteiger partial charge in [-0.25, -0.2) is 9.48 Å². The number of aromatic nitrogens is 3. The van der Waals surface area contributed by atoms with E-state index in [1.807, 2.05) is 0 Å². The number of anilines is 1. The minimum Gasteiger partial charge on any atom is -0.476 e. The smallest absolute Gasteiger partial charge is 0.358 e. The van der Waals surface area contributed by atoms with E-state index in [4.69, 9.17) is 16.7 Å². The first kappa shape index (κ1) is 14.7. The van der Waals surface area contributed by atoms with Gasteiger partial charge in [-0.15, -0.1) is 5.10 Å². The van der Waals surface area contributed by atoms with Crippen molar-refractivity contribution >= 4 is 51.8 Å². The zero-order valence-corrected chi connectivity index (χ0v) is 12.8. The second-order valence-electron chi connectivity index (χ2n) is 3.78. The molecule has 1 heterocycles. The first-order valence-electron chi connectivity index (χ1n) is 5.34. The highest BCUT2D eigenvalue weighted by molar-refractivity contribution is 14.1. The molecular formula is C11H8ClIN4O3. The van der Waals surface area contributed by atoms with Crippen LogP contribution in [0.3, 0.4) is 0 Å². The number of carboxylic acid groups (broad SMARTS) is 1. The Kier molecular flexibility index (Phi) is 4.55. The molecule has 0 aliphatic carbocycles. The van der Waals surface area contributed by atoms with Crippen molar-refractivity contribution in [3.8, 4) is 0 Å².